The van der Waals surface area contributed by atoms with Crippen molar-refractivity contribution in [1.29, 1.82) is 0 Å². The lowest BCUT2D eigenvalue weighted by molar-refractivity contribution is -0.132. The second-order valence-corrected chi connectivity index (χ2v) is 5.68. The van der Waals surface area contributed by atoms with E-state index < -0.39 is 6.10 Å². The van der Waals surface area contributed by atoms with Crippen LogP contribution in [-0.2, 0) is 11.3 Å². The summed E-state index contributed by atoms with van der Waals surface area (Å²) in [5.74, 6) is 1.32. The molecule has 0 radical (unpaired) electrons. The van der Waals surface area contributed by atoms with Gasteiger partial charge in [-0.2, -0.15) is 0 Å². The van der Waals surface area contributed by atoms with Crippen LogP contribution >= 0.6 is 0 Å². The molecular weight excluding hydrogens is 268 g/mol. The van der Waals surface area contributed by atoms with Crippen molar-refractivity contribution in [3.63, 3.8) is 0 Å². The molecule has 1 aliphatic heterocycles. The molecule has 1 amide bonds. The van der Waals surface area contributed by atoms with Gasteiger partial charge < -0.3 is 19.7 Å². The topological polar surface area (TPSA) is 50.8 Å². The third-order valence-corrected chi connectivity index (χ3v) is 3.59. The van der Waals surface area contributed by atoms with E-state index in [9.17, 15) is 4.79 Å². The van der Waals surface area contributed by atoms with Crippen molar-refractivity contribution in [3.8, 4) is 11.5 Å². The molecular formula is C16H24N2O3. The van der Waals surface area contributed by atoms with Crippen LogP contribution in [0.4, 0.5) is 0 Å². The smallest absolute Gasteiger partial charge is 0.263 e. The van der Waals surface area contributed by atoms with Crippen LogP contribution in [0.3, 0.4) is 0 Å². The number of nitrogens with one attached hydrogen (secondary N) is 1. The highest BCUT2D eigenvalue weighted by molar-refractivity contribution is 5.83. The molecule has 0 bridgehead atoms. The van der Waals surface area contributed by atoms with Crippen molar-refractivity contribution in [3.05, 3.63) is 23.8 Å². The van der Waals surface area contributed by atoms with E-state index in [4.69, 9.17) is 9.47 Å². The van der Waals surface area contributed by atoms with Crippen molar-refractivity contribution in [2.75, 3.05) is 20.7 Å². The fourth-order valence-electron chi connectivity index (χ4n) is 2.30. The van der Waals surface area contributed by atoms with Gasteiger partial charge in [-0.1, -0.05) is 19.9 Å². The van der Waals surface area contributed by atoms with Crippen LogP contribution in [0.5, 0.6) is 11.5 Å². The number of rotatable bonds is 6. The molecule has 116 valence electrons. The molecule has 5 heteroatoms. The largest absolute Gasteiger partial charge is 0.493 e. The van der Waals surface area contributed by atoms with E-state index in [2.05, 4.69) is 19.2 Å². The number of methoxy groups -OCH3 is 1. The molecule has 1 aromatic carbocycles. The van der Waals surface area contributed by atoms with E-state index in [0.717, 1.165) is 18.7 Å². The quantitative estimate of drug-likeness (QED) is 0.868. The molecule has 1 N–H and O–H groups in total. The van der Waals surface area contributed by atoms with E-state index in [-0.39, 0.29) is 5.91 Å². The Hall–Kier alpha value is -1.75. The van der Waals surface area contributed by atoms with E-state index in [1.54, 1.807) is 19.1 Å². The Balaban J connectivity index is 2.12. The number of likely N-dealkylation sites (tertiary alicyclic amines) is 1. The van der Waals surface area contributed by atoms with Gasteiger partial charge >= 0.3 is 0 Å². The second kappa shape index (κ2) is 6.80. The highest BCUT2D eigenvalue weighted by Crippen LogP contribution is 2.30. The summed E-state index contributed by atoms with van der Waals surface area (Å²) in [6, 6.07) is 6.25. The molecule has 1 fully saturated rings. The normalized spacial score (nSPS) is 18.4. The molecule has 1 heterocycles. The lowest BCUT2D eigenvalue weighted by atomic mass is 10.2. The van der Waals surface area contributed by atoms with Crippen LogP contribution in [0.15, 0.2) is 18.2 Å². The van der Waals surface area contributed by atoms with Gasteiger partial charge in [-0.25, -0.2) is 0 Å². The van der Waals surface area contributed by atoms with Crippen LogP contribution in [0.1, 0.15) is 25.8 Å². The first kappa shape index (κ1) is 15.6. The number of carbonyl (C=O) groups is 1. The lowest BCUT2D eigenvalue weighted by Gasteiger charge is -2.17. The molecule has 0 aromatic heterocycles. The summed E-state index contributed by atoms with van der Waals surface area (Å²) in [7, 11) is 3.41. The maximum atomic E-state index is 12.0. The van der Waals surface area contributed by atoms with Gasteiger partial charge in [0, 0.05) is 32.6 Å². The Morgan fingerprint density at radius 2 is 2.14 bits per heavy atom. The SMILES string of the molecule is COc1ccc(CNC(C)C)cc1OC1CCN(C)C1=O. The third-order valence-electron chi connectivity index (χ3n) is 3.59. The molecule has 0 aliphatic carbocycles. The summed E-state index contributed by atoms with van der Waals surface area (Å²) >= 11 is 0. The minimum atomic E-state index is -0.405. The summed E-state index contributed by atoms with van der Waals surface area (Å²) in [6.07, 6.45) is 0.310. The maximum absolute atomic E-state index is 12.0. The molecule has 1 unspecified atom stereocenters. The van der Waals surface area contributed by atoms with E-state index in [0.29, 0.717) is 24.0 Å². The zero-order valence-electron chi connectivity index (χ0n) is 13.2. The average molecular weight is 292 g/mol. The minimum Gasteiger partial charge on any atom is -0.493 e. The molecule has 5 nitrogen and oxygen atoms in total. The Bertz CT molecular complexity index is 502. The Morgan fingerprint density at radius 1 is 1.38 bits per heavy atom. The number of hydrogen-bond donors (Lipinski definition) is 1. The van der Waals surface area contributed by atoms with Crippen molar-refractivity contribution in [2.24, 2.45) is 0 Å². The summed E-state index contributed by atoms with van der Waals surface area (Å²) in [4.78, 5) is 13.7. The first-order chi connectivity index (χ1) is 10.0. The highest BCUT2D eigenvalue weighted by atomic mass is 16.5. The zero-order valence-corrected chi connectivity index (χ0v) is 13.2. The summed E-state index contributed by atoms with van der Waals surface area (Å²) in [5, 5.41) is 3.36. The van der Waals surface area contributed by atoms with Crippen LogP contribution in [0.25, 0.3) is 0 Å². The molecule has 1 aromatic rings. The average Bonchev–Trinajstić information content (AvgIpc) is 2.77. The zero-order chi connectivity index (χ0) is 15.4. The molecule has 1 aliphatic rings. The molecule has 0 saturated carbocycles. The molecule has 21 heavy (non-hydrogen) atoms. The van der Waals surface area contributed by atoms with Gasteiger partial charge in [0.1, 0.15) is 0 Å². The summed E-state index contributed by atoms with van der Waals surface area (Å²) in [5.41, 5.74) is 1.11. The lowest BCUT2D eigenvalue weighted by Crippen LogP contribution is -2.29. The van der Waals surface area contributed by atoms with Crippen molar-refractivity contribution >= 4 is 5.91 Å². The molecule has 0 spiro atoms. The second-order valence-electron chi connectivity index (χ2n) is 5.68. The van der Waals surface area contributed by atoms with Gasteiger partial charge in [-0.05, 0) is 17.7 Å². The van der Waals surface area contributed by atoms with Gasteiger partial charge in [0.05, 0.1) is 7.11 Å². The standard InChI is InChI=1S/C16H24N2O3/c1-11(2)17-10-12-5-6-13(20-4)15(9-12)21-14-7-8-18(3)16(14)19/h5-6,9,11,14,17H,7-8,10H2,1-4H3. The number of carbonyl (C=O) groups excluding carboxylic acids is 1. The van der Waals surface area contributed by atoms with Gasteiger partial charge in [-0.15, -0.1) is 0 Å². The highest BCUT2D eigenvalue weighted by Gasteiger charge is 2.31. The van der Waals surface area contributed by atoms with E-state index >= 15 is 0 Å². The number of likely N-dealkylation sites (N-methyl/N-ethyl adjacent to an activating group) is 1. The number of nitrogens with zero attached hydrogens (tertiary/aromatic N) is 1. The first-order valence-electron chi connectivity index (χ1n) is 7.33. The first-order valence-corrected chi connectivity index (χ1v) is 7.33. The van der Waals surface area contributed by atoms with Crippen LogP contribution < -0.4 is 14.8 Å². The fourth-order valence-corrected chi connectivity index (χ4v) is 2.30. The van der Waals surface area contributed by atoms with E-state index in [1.807, 2.05) is 18.2 Å². The predicted molar refractivity (Wildman–Crippen MR) is 81.6 cm³/mol. The molecule has 2 rings (SSSR count). The van der Waals surface area contributed by atoms with E-state index in [1.165, 1.54) is 0 Å². The Labute approximate surface area is 126 Å². The summed E-state index contributed by atoms with van der Waals surface area (Å²) in [6.45, 7) is 5.71. The van der Waals surface area contributed by atoms with Gasteiger partial charge in [0.25, 0.3) is 5.91 Å². The van der Waals surface area contributed by atoms with Gasteiger partial charge in [0.2, 0.25) is 0 Å². The van der Waals surface area contributed by atoms with Crippen LogP contribution in [-0.4, -0.2) is 43.7 Å². The van der Waals surface area contributed by atoms with Crippen LogP contribution in [0.2, 0.25) is 0 Å². The molecule has 1 atom stereocenters. The molecule has 1 saturated heterocycles. The summed E-state index contributed by atoms with van der Waals surface area (Å²) < 4.78 is 11.2. The fraction of sp³-hybridized carbons (Fsp3) is 0.562. The minimum absolute atomic E-state index is 0.0303. The van der Waals surface area contributed by atoms with Crippen molar-refractivity contribution in [1.82, 2.24) is 10.2 Å². The van der Waals surface area contributed by atoms with Crippen molar-refractivity contribution < 1.29 is 14.3 Å². The number of benzene rings is 1. The van der Waals surface area contributed by atoms with Gasteiger partial charge in [-0.3, -0.25) is 4.79 Å². The Kier molecular flexibility index (Phi) is 5.07. The number of ether oxygens (including phenoxy) is 2. The maximum Gasteiger partial charge on any atom is 0.263 e. The van der Waals surface area contributed by atoms with Gasteiger partial charge in [0.15, 0.2) is 17.6 Å². The van der Waals surface area contributed by atoms with Crippen LogP contribution in [0, 0.1) is 0 Å². The monoisotopic (exact) mass is 292 g/mol. The Morgan fingerprint density at radius 3 is 2.71 bits per heavy atom. The number of amides is 1. The predicted octanol–water partition coefficient (Wildman–Crippen LogP) is 1.80. The third kappa shape index (κ3) is 3.88. The number of hydrogen-bond acceptors (Lipinski definition) is 4. The van der Waals surface area contributed by atoms with Crippen molar-refractivity contribution in [2.45, 2.75) is 39.0 Å².